The van der Waals surface area contributed by atoms with Crippen molar-refractivity contribution in [1.29, 1.82) is 0 Å². The molecule has 0 radical (unpaired) electrons. The van der Waals surface area contributed by atoms with Gasteiger partial charge in [0.1, 0.15) is 0 Å². The maximum atomic E-state index is 11.5. The van der Waals surface area contributed by atoms with Crippen LogP contribution in [0, 0.1) is 5.41 Å². The van der Waals surface area contributed by atoms with E-state index < -0.39 is 0 Å². The molecule has 4 aliphatic rings. The predicted molar refractivity (Wildman–Crippen MR) is 67.1 cm³/mol. The minimum absolute atomic E-state index is 0.0167. The SMILES string of the molecule is COC(=O)CC12CC3SC(C1)SC(C2)S3. The molecule has 0 amide bonds. The molecule has 2 nitrogen and oxygen atoms in total. The van der Waals surface area contributed by atoms with Crippen molar-refractivity contribution in [3.63, 3.8) is 0 Å². The summed E-state index contributed by atoms with van der Waals surface area (Å²) >= 11 is 6.34. The van der Waals surface area contributed by atoms with Crippen molar-refractivity contribution in [2.45, 2.75) is 39.4 Å². The van der Waals surface area contributed by atoms with Gasteiger partial charge in [-0.25, -0.2) is 0 Å². The fraction of sp³-hybridized carbons (Fsp3) is 0.900. The Kier molecular flexibility index (Phi) is 2.68. The van der Waals surface area contributed by atoms with Crippen molar-refractivity contribution in [3.05, 3.63) is 0 Å². The Morgan fingerprint density at radius 3 is 2.07 bits per heavy atom. The number of rotatable bonds is 2. The van der Waals surface area contributed by atoms with Gasteiger partial charge in [-0.1, -0.05) is 0 Å². The van der Waals surface area contributed by atoms with Crippen molar-refractivity contribution in [2.24, 2.45) is 5.41 Å². The molecule has 4 fully saturated rings. The van der Waals surface area contributed by atoms with E-state index in [-0.39, 0.29) is 11.4 Å². The third-order valence-corrected chi connectivity index (χ3v) is 8.28. The summed E-state index contributed by atoms with van der Waals surface area (Å²) in [6.07, 6.45) is 4.29. The number of carbonyl (C=O) groups excluding carboxylic acids is 1. The lowest BCUT2D eigenvalue weighted by Crippen LogP contribution is -2.45. The van der Waals surface area contributed by atoms with Crippen LogP contribution in [0.5, 0.6) is 0 Å². The van der Waals surface area contributed by atoms with E-state index in [2.05, 4.69) is 35.3 Å². The van der Waals surface area contributed by atoms with Crippen LogP contribution in [0.4, 0.5) is 0 Å². The second-order valence-electron chi connectivity index (χ2n) is 4.56. The highest BCUT2D eigenvalue weighted by molar-refractivity contribution is 8.33. The van der Waals surface area contributed by atoms with Gasteiger partial charge in [0.15, 0.2) is 0 Å². The molecule has 0 aliphatic carbocycles. The molecule has 0 saturated carbocycles. The van der Waals surface area contributed by atoms with Gasteiger partial charge in [-0.2, -0.15) is 0 Å². The highest BCUT2D eigenvalue weighted by atomic mass is 32.3. The van der Waals surface area contributed by atoms with Gasteiger partial charge in [0.05, 0.1) is 27.3 Å². The minimum atomic E-state index is -0.0167. The standard InChI is InChI=1S/C10H14O2S3/c1-12-6(11)2-10-3-7-13-8(4-10)15-9(5-10)14-7/h7-9H,2-5H2,1H3. The quantitative estimate of drug-likeness (QED) is 0.713. The molecule has 4 heterocycles. The minimum Gasteiger partial charge on any atom is -0.469 e. The van der Waals surface area contributed by atoms with Gasteiger partial charge in [-0.15, -0.1) is 35.3 Å². The summed E-state index contributed by atoms with van der Waals surface area (Å²) in [5, 5.41) is 0. The van der Waals surface area contributed by atoms with Gasteiger partial charge >= 0.3 is 5.97 Å². The van der Waals surface area contributed by atoms with E-state index in [1.54, 1.807) is 0 Å². The zero-order valence-electron chi connectivity index (χ0n) is 8.60. The van der Waals surface area contributed by atoms with E-state index >= 15 is 0 Å². The lowest BCUT2D eigenvalue weighted by Gasteiger charge is -2.54. The topological polar surface area (TPSA) is 26.3 Å². The maximum absolute atomic E-state index is 11.5. The molecule has 4 aliphatic heterocycles. The summed E-state index contributed by atoms with van der Waals surface area (Å²) in [7, 11) is 1.50. The Morgan fingerprint density at radius 2 is 1.67 bits per heavy atom. The Morgan fingerprint density at radius 1 is 1.20 bits per heavy atom. The third kappa shape index (κ3) is 1.91. The Hall–Kier alpha value is 0.520. The molecule has 0 aromatic heterocycles. The first kappa shape index (κ1) is 10.7. The number of ether oxygens (including phenoxy) is 1. The zero-order chi connectivity index (χ0) is 10.5. The van der Waals surface area contributed by atoms with E-state index in [1.807, 2.05) is 0 Å². The van der Waals surface area contributed by atoms with Gasteiger partial charge in [-0.05, 0) is 24.7 Å². The molecule has 84 valence electrons. The first-order valence-electron chi connectivity index (χ1n) is 5.22. The lowest BCUT2D eigenvalue weighted by molar-refractivity contribution is -0.143. The summed E-state index contributed by atoms with van der Waals surface area (Å²) in [6, 6.07) is 0. The van der Waals surface area contributed by atoms with E-state index in [9.17, 15) is 4.79 Å². The summed E-state index contributed by atoms with van der Waals surface area (Å²) < 4.78 is 7.06. The third-order valence-electron chi connectivity index (χ3n) is 3.46. The number of thioether (sulfide) groups is 3. The number of carbonyl (C=O) groups is 1. The molecule has 4 bridgehead atoms. The van der Waals surface area contributed by atoms with Gasteiger partial charge in [0.2, 0.25) is 0 Å². The van der Waals surface area contributed by atoms with Crippen molar-refractivity contribution in [1.82, 2.24) is 0 Å². The lowest BCUT2D eigenvalue weighted by atomic mass is 9.75. The van der Waals surface area contributed by atoms with Crippen molar-refractivity contribution in [2.75, 3.05) is 7.11 Å². The van der Waals surface area contributed by atoms with Crippen LogP contribution in [0.2, 0.25) is 0 Å². The Bertz CT molecular complexity index is 257. The molecule has 0 spiro atoms. The number of esters is 1. The summed E-state index contributed by atoms with van der Waals surface area (Å²) in [6.45, 7) is 0. The summed E-state index contributed by atoms with van der Waals surface area (Å²) in [4.78, 5) is 11.5. The molecule has 0 N–H and O–H groups in total. The van der Waals surface area contributed by atoms with E-state index in [1.165, 1.54) is 26.4 Å². The number of hydrogen-bond donors (Lipinski definition) is 0. The predicted octanol–water partition coefficient (Wildman–Crippen LogP) is 2.92. The molecular weight excluding hydrogens is 248 g/mol. The Labute approximate surface area is 103 Å². The van der Waals surface area contributed by atoms with Crippen LogP contribution >= 0.6 is 35.3 Å². The fourth-order valence-corrected chi connectivity index (χ4v) is 10.3. The molecular formula is C10H14O2S3. The molecule has 15 heavy (non-hydrogen) atoms. The Balaban J connectivity index is 1.78. The molecule has 4 rings (SSSR count). The molecule has 0 aromatic carbocycles. The average molecular weight is 262 g/mol. The molecule has 4 saturated heterocycles. The van der Waals surface area contributed by atoms with Gasteiger partial charge < -0.3 is 4.74 Å². The van der Waals surface area contributed by atoms with Crippen LogP contribution < -0.4 is 0 Å². The zero-order valence-corrected chi connectivity index (χ0v) is 11.1. The van der Waals surface area contributed by atoms with Crippen LogP contribution in [-0.4, -0.2) is 26.8 Å². The molecule has 5 heteroatoms. The highest BCUT2D eigenvalue weighted by Crippen LogP contribution is 2.67. The monoisotopic (exact) mass is 262 g/mol. The van der Waals surface area contributed by atoms with Crippen molar-refractivity contribution >= 4 is 41.3 Å². The first-order chi connectivity index (χ1) is 7.19. The molecule has 0 unspecified atom stereocenters. The molecule has 0 atom stereocenters. The fourth-order valence-electron chi connectivity index (χ4n) is 2.80. The van der Waals surface area contributed by atoms with Crippen LogP contribution in [0.3, 0.4) is 0 Å². The van der Waals surface area contributed by atoms with Crippen LogP contribution in [0.1, 0.15) is 25.7 Å². The van der Waals surface area contributed by atoms with E-state index in [0.29, 0.717) is 6.42 Å². The first-order valence-corrected chi connectivity index (χ1v) is 8.05. The second-order valence-corrected chi connectivity index (χ2v) is 9.69. The van der Waals surface area contributed by atoms with Gasteiger partial charge in [-0.3, -0.25) is 4.79 Å². The maximum Gasteiger partial charge on any atom is 0.306 e. The van der Waals surface area contributed by atoms with Crippen molar-refractivity contribution < 1.29 is 9.53 Å². The molecule has 0 aromatic rings. The van der Waals surface area contributed by atoms with Crippen LogP contribution in [-0.2, 0) is 9.53 Å². The van der Waals surface area contributed by atoms with E-state index in [4.69, 9.17) is 4.74 Å². The smallest absolute Gasteiger partial charge is 0.306 e. The van der Waals surface area contributed by atoms with Crippen molar-refractivity contribution in [3.8, 4) is 0 Å². The summed E-state index contributed by atoms with van der Waals surface area (Å²) in [5.41, 5.74) is 0.287. The van der Waals surface area contributed by atoms with Crippen LogP contribution in [0.15, 0.2) is 0 Å². The van der Waals surface area contributed by atoms with Gasteiger partial charge in [0.25, 0.3) is 0 Å². The summed E-state index contributed by atoms with van der Waals surface area (Å²) in [5.74, 6) is -0.0167. The largest absolute Gasteiger partial charge is 0.469 e. The highest BCUT2D eigenvalue weighted by Gasteiger charge is 2.53. The number of methoxy groups -OCH3 is 1. The second kappa shape index (κ2) is 3.77. The van der Waals surface area contributed by atoms with Gasteiger partial charge in [0, 0.05) is 0 Å². The average Bonchev–Trinajstić information content (AvgIpc) is 2.14. The number of hydrogen-bond acceptors (Lipinski definition) is 5. The van der Waals surface area contributed by atoms with Crippen LogP contribution in [0.25, 0.3) is 0 Å². The normalized spacial score (nSPS) is 46.9. The van der Waals surface area contributed by atoms with E-state index in [0.717, 1.165) is 13.7 Å².